The molecule has 6 heteroatoms. The Morgan fingerprint density at radius 3 is 2.25 bits per heavy atom. The van der Waals surface area contributed by atoms with Crippen LogP contribution in [0.15, 0.2) is 24.3 Å². The molecule has 1 N–H and O–H groups in total. The van der Waals surface area contributed by atoms with Gasteiger partial charge in [0.1, 0.15) is 5.75 Å². The molecule has 2 aromatic carbocycles. The van der Waals surface area contributed by atoms with E-state index >= 15 is 0 Å². The summed E-state index contributed by atoms with van der Waals surface area (Å²) in [6, 6.07) is 5.91. The molecule has 1 aliphatic rings. The van der Waals surface area contributed by atoms with Gasteiger partial charge in [-0.15, -0.1) is 0 Å². The molecule has 0 heterocycles. The maximum absolute atomic E-state index is 12.9. The van der Waals surface area contributed by atoms with E-state index in [4.69, 9.17) is 9.47 Å². The number of rotatable bonds is 2. The quantitative estimate of drug-likeness (QED) is 0.574. The Balaban J connectivity index is 2.29. The van der Waals surface area contributed by atoms with Crippen molar-refractivity contribution in [3.8, 4) is 17.2 Å². The molecule has 122 valence electrons. The van der Waals surface area contributed by atoms with Crippen LogP contribution >= 0.6 is 0 Å². The van der Waals surface area contributed by atoms with Gasteiger partial charge in [-0.1, -0.05) is 6.07 Å². The van der Waals surface area contributed by atoms with Crippen molar-refractivity contribution in [2.24, 2.45) is 0 Å². The molecular formula is C18H14O6. The molecule has 6 nitrogen and oxygen atoms in total. The number of carbonyl (C=O) groups is 3. The van der Waals surface area contributed by atoms with Gasteiger partial charge in [-0.3, -0.25) is 14.4 Å². The van der Waals surface area contributed by atoms with Crippen molar-refractivity contribution in [1.29, 1.82) is 0 Å². The standard InChI is InChI=1S/C18H14O6/c1-8-4-5-11-14(18(8)23-3)17(22)13-10(15(11)20)6-7-12(16(13)21)24-9(2)19/h4-7,21H,1-3H3. The van der Waals surface area contributed by atoms with Crippen LogP contribution in [0.4, 0.5) is 0 Å². The third kappa shape index (κ3) is 2.15. The predicted molar refractivity (Wildman–Crippen MR) is 84.0 cm³/mol. The molecule has 0 atom stereocenters. The summed E-state index contributed by atoms with van der Waals surface area (Å²) >= 11 is 0. The van der Waals surface area contributed by atoms with Gasteiger partial charge in [0, 0.05) is 18.1 Å². The van der Waals surface area contributed by atoms with Crippen LogP contribution < -0.4 is 9.47 Å². The number of aromatic hydroxyl groups is 1. The lowest BCUT2D eigenvalue weighted by Crippen LogP contribution is -2.22. The Labute approximate surface area is 137 Å². The molecule has 2 aromatic rings. The minimum atomic E-state index is -0.645. The lowest BCUT2D eigenvalue weighted by atomic mass is 9.82. The van der Waals surface area contributed by atoms with Crippen LogP contribution in [-0.2, 0) is 4.79 Å². The van der Waals surface area contributed by atoms with Crippen LogP contribution in [-0.4, -0.2) is 29.8 Å². The number of ketones is 2. The summed E-state index contributed by atoms with van der Waals surface area (Å²) in [7, 11) is 1.41. The number of hydrogen-bond acceptors (Lipinski definition) is 6. The number of ether oxygens (including phenoxy) is 2. The highest BCUT2D eigenvalue weighted by Crippen LogP contribution is 2.41. The van der Waals surface area contributed by atoms with Crippen molar-refractivity contribution in [2.45, 2.75) is 13.8 Å². The summed E-state index contributed by atoms with van der Waals surface area (Å²) in [6.45, 7) is 2.93. The molecule has 0 radical (unpaired) electrons. The molecule has 0 saturated carbocycles. The highest BCUT2D eigenvalue weighted by atomic mass is 16.5. The zero-order valence-electron chi connectivity index (χ0n) is 13.3. The summed E-state index contributed by atoms with van der Waals surface area (Å²) in [6.07, 6.45) is 0. The molecule has 0 unspecified atom stereocenters. The highest BCUT2D eigenvalue weighted by molar-refractivity contribution is 6.30. The van der Waals surface area contributed by atoms with Crippen molar-refractivity contribution in [3.63, 3.8) is 0 Å². The van der Waals surface area contributed by atoms with Gasteiger partial charge in [-0.2, -0.15) is 0 Å². The van der Waals surface area contributed by atoms with Gasteiger partial charge >= 0.3 is 5.97 Å². The van der Waals surface area contributed by atoms with Crippen molar-refractivity contribution < 1.29 is 29.0 Å². The average Bonchev–Trinajstić information content (AvgIpc) is 2.53. The zero-order chi connectivity index (χ0) is 17.6. The van der Waals surface area contributed by atoms with Crippen molar-refractivity contribution in [2.75, 3.05) is 7.11 Å². The van der Waals surface area contributed by atoms with Crippen LogP contribution in [0.25, 0.3) is 0 Å². The van der Waals surface area contributed by atoms with Crippen LogP contribution in [0.1, 0.15) is 44.3 Å². The van der Waals surface area contributed by atoms with Gasteiger partial charge in [0.15, 0.2) is 17.3 Å². The number of methoxy groups -OCH3 is 1. The molecule has 0 aromatic heterocycles. The molecular weight excluding hydrogens is 312 g/mol. The van der Waals surface area contributed by atoms with E-state index in [0.29, 0.717) is 5.56 Å². The summed E-state index contributed by atoms with van der Waals surface area (Å²) in [5.74, 6) is -2.01. The maximum Gasteiger partial charge on any atom is 0.308 e. The van der Waals surface area contributed by atoms with E-state index in [0.717, 1.165) is 0 Å². The number of hydrogen-bond donors (Lipinski definition) is 1. The van der Waals surface area contributed by atoms with E-state index in [9.17, 15) is 19.5 Å². The number of aryl methyl sites for hydroxylation is 1. The topological polar surface area (TPSA) is 89.9 Å². The summed E-state index contributed by atoms with van der Waals surface area (Å²) < 4.78 is 10.2. The van der Waals surface area contributed by atoms with E-state index in [1.807, 2.05) is 0 Å². The third-order valence-electron chi connectivity index (χ3n) is 3.90. The first-order chi connectivity index (χ1) is 11.4. The van der Waals surface area contributed by atoms with Crippen molar-refractivity contribution >= 4 is 17.5 Å². The van der Waals surface area contributed by atoms with Crippen molar-refractivity contribution in [3.05, 3.63) is 52.1 Å². The number of esters is 1. The van der Waals surface area contributed by atoms with Gasteiger partial charge in [0.05, 0.1) is 18.2 Å². The molecule has 0 aliphatic heterocycles. The fourth-order valence-electron chi connectivity index (χ4n) is 2.86. The smallest absolute Gasteiger partial charge is 0.308 e. The van der Waals surface area contributed by atoms with Gasteiger partial charge < -0.3 is 14.6 Å². The van der Waals surface area contributed by atoms with Crippen LogP contribution in [0.2, 0.25) is 0 Å². The fraction of sp³-hybridized carbons (Fsp3) is 0.167. The molecule has 3 rings (SSSR count). The van der Waals surface area contributed by atoms with Gasteiger partial charge in [-0.05, 0) is 30.7 Å². The average molecular weight is 326 g/mol. The Hall–Kier alpha value is -3.15. The van der Waals surface area contributed by atoms with Crippen LogP contribution in [0, 0.1) is 6.92 Å². The predicted octanol–water partition coefficient (Wildman–Crippen LogP) is 2.41. The normalized spacial score (nSPS) is 12.5. The second kappa shape index (κ2) is 5.49. The molecule has 0 bridgehead atoms. The first-order valence-corrected chi connectivity index (χ1v) is 7.18. The molecule has 24 heavy (non-hydrogen) atoms. The van der Waals surface area contributed by atoms with E-state index in [1.165, 1.54) is 26.2 Å². The lowest BCUT2D eigenvalue weighted by Gasteiger charge is -2.22. The molecule has 0 spiro atoms. The van der Waals surface area contributed by atoms with Gasteiger partial charge in [-0.25, -0.2) is 0 Å². The summed E-state index contributed by atoms with van der Waals surface area (Å²) in [5, 5.41) is 10.3. The summed E-state index contributed by atoms with van der Waals surface area (Å²) in [4.78, 5) is 36.7. The number of fused-ring (bicyclic) bond motifs is 2. The molecule has 0 amide bonds. The zero-order valence-corrected chi connectivity index (χ0v) is 13.3. The second-order valence-electron chi connectivity index (χ2n) is 5.43. The van der Waals surface area contributed by atoms with Crippen molar-refractivity contribution in [1.82, 2.24) is 0 Å². The van der Waals surface area contributed by atoms with Gasteiger partial charge in [0.2, 0.25) is 5.78 Å². The Morgan fingerprint density at radius 1 is 1.00 bits per heavy atom. The van der Waals surface area contributed by atoms with E-state index in [1.54, 1.807) is 19.1 Å². The van der Waals surface area contributed by atoms with Crippen LogP contribution in [0.5, 0.6) is 17.2 Å². The molecule has 0 saturated heterocycles. The van der Waals surface area contributed by atoms with Gasteiger partial charge in [0.25, 0.3) is 0 Å². The Bertz CT molecular complexity index is 910. The Morgan fingerprint density at radius 2 is 1.62 bits per heavy atom. The molecule has 0 fully saturated rings. The minimum Gasteiger partial charge on any atom is -0.504 e. The first kappa shape index (κ1) is 15.7. The lowest BCUT2D eigenvalue weighted by molar-refractivity contribution is -0.132. The Kier molecular flexibility index (Phi) is 3.60. The number of phenolic OH excluding ortho intramolecular Hbond substituents is 1. The largest absolute Gasteiger partial charge is 0.504 e. The van der Waals surface area contributed by atoms with E-state index < -0.39 is 23.3 Å². The van der Waals surface area contributed by atoms with Crippen LogP contribution in [0.3, 0.4) is 0 Å². The van der Waals surface area contributed by atoms with E-state index in [-0.39, 0.29) is 33.8 Å². The number of phenols is 1. The fourth-order valence-corrected chi connectivity index (χ4v) is 2.86. The van der Waals surface area contributed by atoms with E-state index in [2.05, 4.69) is 0 Å². The highest BCUT2D eigenvalue weighted by Gasteiger charge is 2.36. The second-order valence-corrected chi connectivity index (χ2v) is 5.43. The minimum absolute atomic E-state index is 0.0619. The molecule has 1 aliphatic carbocycles. The first-order valence-electron chi connectivity index (χ1n) is 7.18. The third-order valence-corrected chi connectivity index (χ3v) is 3.90. The maximum atomic E-state index is 12.9. The SMILES string of the molecule is COc1c(C)ccc2c1C(=O)c1c(ccc(OC(C)=O)c1O)C2=O. The summed E-state index contributed by atoms with van der Waals surface area (Å²) in [5.41, 5.74) is 0.887. The monoisotopic (exact) mass is 326 g/mol. The number of carbonyl (C=O) groups excluding carboxylic acids is 3. The number of benzene rings is 2.